The van der Waals surface area contributed by atoms with Gasteiger partial charge in [-0.25, -0.2) is 17.9 Å². The Morgan fingerprint density at radius 1 is 1.35 bits per heavy atom. The number of carbonyl (C=O) groups is 1. The van der Waals surface area contributed by atoms with Crippen molar-refractivity contribution in [2.24, 2.45) is 0 Å². The van der Waals surface area contributed by atoms with Crippen molar-refractivity contribution >= 4 is 16.2 Å². The fourth-order valence-electron chi connectivity index (χ4n) is 1.28. The molecule has 2 heterocycles. The van der Waals surface area contributed by atoms with E-state index in [4.69, 9.17) is 5.11 Å². The van der Waals surface area contributed by atoms with E-state index in [1.54, 1.807) is 0 Å². The minimum atomic E-state index is -3.88. The molecule has 0 aliphatic rings. The van der Waals surface area contributed by atoms with Gasteiger partial charge in [-0.05, 0) is 0 Å². The molecular formula is C8H8N4O4S. The van der Waals surface area contributed by atoms with Crippen molar-refractivity contribution in [1.82, 2.24) is 17.9 Å². The molecule has 0 radical (unpaired) electrons. The number of imidazole rings is 2. The summed E-state index contributed by atoms with van der Waals surface area (Å²) in [6, 6.07) is 0. The largest absolute Gasteiger partial charge is 0.481 e. The van der Waals surface area contributed by atoms with Crippen molar-refractivity contribution in [2.75, 3.05) is 0 Å². The van der Waals surface area contributed by atoms with E-state index in [0.29, 0.717) is 0 Å². The average molecular weight is 256 g/mol. The molecular weight excluding hydrogens is 248 g/mol. The molecule has 8 nitrogen and oxygen atoms in total. The monoisotopic (exact) mass is 256 g/mol. The van der Waals surface area contributed by atoms with Gasteiger partial charge in [-0.1, -0.05) is 0 Å². The highest BCUT2D eigenvalue weighted by Gasteiger charge is 2.20. The van der Waals surface area contributed by atoms with E-state index in [1.807, 2.05) is 0 Å². The zero-order chi connectivity index (χ0) is 12.5. The first kappa shape index (κ1) is 11.3. The highest BCUT2D eigenvalue weighted by Crippen LogP contribution is 2.07. The van der Waals surface area contributed by atoms with Crippen molar-refractivity contribution in [3.05, 3.63) is 36.9 Å². The quantitative estimate of drug-likeness (QED) is 0.778. The van der Waals surface area contributed by atoms with Crippen LogP contribution in [0.25, 0.3) is 0 Å². The number of nitrogens with zero attached hydrogens (tertiary/aromatic N) is 4. The smallest absolute Gasteiger partial charge is 0.335 e. The van der Waals surface area contributed by atoms with Crippen LogP contribution in [0.5, 0.6) is 0 Å². The van der Waals surface area contributed by atoms with E-state index in [9.17, 15) is 13.2 Å². The van der Waals surface area contributed by atoms with E-state index in [0.717, 1.165) is 14.3 Å². The first-order valence-corrected chi connectivity index (χ1v) is 5.89. The normalized spacial score (nSPS) is 11.5. The Labute approximate surface area is 96.3 Å². The van der Waals surface area contributed by atoms with Crippen LogP contribution in [-0.2, 0) is 21.4 Å². The first-order valence-electron chi connectivity index (χ1n) is 4.50. The standard InChI is InChI=1S/C8H8N4O4S/c13-8(14)5-7-10-2-4-12(7)17(15,16)11-3-1-9-6-11/h1-4,6H,5H2,(H,13,14). The molecule has 9 heteroatoms. The Hall–Kier alpha value is -2.16. The maximum Gasteiger partial charge on any atom is 0.335 e. The highest BCUT2D eigenvalue weighted by molar-refractivity contribution is 7.88. The van der Waals surface area contributed by atoms with Crippen LogP contribution >= 0.6 is 0 Å². The van der Waals surface area contributed by atoms with E-state index in [-0.39, 0.29) is 5.82 Å². The minimum Gasteiger partial charge on any atom is -0.481 e. The van der Waals surface area contributed by atoms with Crippen LogP contribution in [0, 0.1) is 0 Å². The third kappa shape index (κ3) is 2.04. The molecule has 0 atom stereocenters. The highest BCUT2D eigenvalue weighted by atomic mass is 32.2. The molecule has 0 aromatic carbocycles. The number of aromatic nitrogens is 4. The molecule has 2 rings (SSSR count). The Kier molecular flexibility index (Phi) is 2.68. The second kappa shape index (κ2) is 4.01. The van der Waals surface area contributed by atoms with Crippen molar-refractivity contribution < 1.29 is 18.3 Å². The lowest BCUT2D eigenvalue weighted by molar-refractivity contribution is -0.136. The Morgan fingerprint density at radius 2 is 2.12 bits per heavy atom. The lowest BCUT2D eigenvalue weighted by Gasteiger charge is -2.07. The molecule has 0 amide bonds. The summed E-state index contributed by atoms with van der Waals surface area (Å²) in [7, 11) is -3.88. The van der Waals surface area contributed by atoms with Gasteiger partial charge in [0.15, 0.2) is 0 Å². The molecule has 0 aliphatic heterocycles. The van der Waals surface area contributed by atoms with Gasteiger partial charge in [0.05, 0.1) is 0 Å². The third-order valence-electron chi connectivity index (χ3n) is 1.98. The molecule has 90 valence electrons. The summed E-state index contributed by atoms with van der Waals surface area (Å²) < 4.78 is 25.7. The van der Waals surface area contributed by atoms with Crippen LogP contribution in [0.15, 0.2) is 31.1 Å². The number of carboxylic acid groups (broad SMARTS) is 1. The zero-order valence-corrected chi connectivity index (χ0v) is 9.28. The summed E-state index contributed by atoms with van der Waals surface area (Å²) in [5.74, 6) is -1.22. The second-order valence-corrected chi connectivity index (χ2v) is 4.82. The van der Waals surface area contributed by atoms with Crippen molar-refractivity contribution in [1.29, 1.82) is 0 Å². The maximum atomic E-state index is 12.0. The van der Waals surface area contributed by atoms with Gasteiger partial charge in [-0.15, -0.1) is 0 Å². The van der Waals surface area contributed by atoms with E-state index >= 15 is 0 Å². The van der Waals surface area contributed by atoms with Crippen molar-refractivity contribution in [3.63, 3.8) is 0 Å². The van der Waals surface area contributed by atoms with Crippen LogP contribution in [0.3, 0.4) is 0 Å². The molecule has 2 aromatic heterocycles. The SMILES string of the molecule is O=C(O)Cc1nccn1S(=O)(=O)n1ccnc1. The zero-order valence-electron chi connectivity index (χ0n) is 8.46. The number of hydrogen-bond donors (Lipinski definition) is 1. The number of hydrogen-bond acceptors (Lipinski definition) is 5. The van der Waals surface area contributed by atoms with Gasteiger partial charge >= 0.3 is 16.2 Å². The number of rotatable bonds is 4. The summed E-state index contributed by atoms with van der Waals surface area (Å²) in [5.41, 5.74) is 0. The molecule has 0 fully saturated rings. The van der Waals surface area contributed by atoms with E-state index in [2.05, 4.69) is 9.97 Å². The predicted octanol–water partition coefficient (Wildman–Crippen LogP) is -0.652. The number of aliphatic carboxylic acids is 1. The fraction of sp³-hybridized carbons (Fsp3) is 0.125. The first-order chi connectivity index (χ1) is 8.01. The van der Waals surface area contributed by atoms with Crippen LogP contribution < -0.4 is 0 Å². The lowest BCUT2D eigenvalue weighted by atomic mass is 10.4. The Balaban J connectivity index is 2.48. The molecule has 0 unspecified atom stereocenters. The topological polar surface area (TPSA) is 107 Å². The summed E-state index contributed by atoms with van der Waals surface area (Å²) in [5, 5.41) is 8.64. The molecule has 0 aliphatic carbocycles. The van der Waals surface area contributed by atoms with E-state index in [1.165, 1.54) is 24.8 Å². The van der Waals surface area contributed by atoms with Crippen LogP contribution in [0.4, 0.5) is 0 Å². The summed E-state index contributed by atoms with van der Waals surface area (Å²) in [6.45, 7) is 0. The molecule has 0 bridgehead atoms. The molecule has 2 aromatic rings. The van der Waals surface area contributed by atoms with Gasteiger partial charge in [0.2, 0.25) is 0 Å². The van der Waals surface area contributed by atoms with Gasteiger partial charge in [0.1, 0.15) is 18.6 Å². The van der Waals surface area contributed by atoms with Gasteiger partial charge in [-0.2, -0.15) is 8.42 Å². The summed E-state index contributed by atoms with van der Waals surface area (Å²) >= 11 is 0. The van der Waals surface area contributed by atoms with Crippen LogP contribution in [0.1, 0.15) is 5.82 Å². The van der Waals surface area contributed by atoms with Gasteiger partial charge < -0.3 is 5.11 Å². The Morgan fingerprint density at radius 3 is 2.71 bits per heavy atom. The van der Waals surface area contributed by atoms with Crippen molar-refractivity contribution in [2.45, 2.75) is 6.42 Å². The van der Waals surface area contributed by atoms with Crippen LogP contribution in [0.2, 0.25) is 0 Å². The van der Waals surface area contributed by atoms with Crippen LogP contribution in [-0.4, -0.2) is 37.4 Å². The predicted molar refractivity (Wildman–Crippen MR) is 55.5 cm³/mol. The maximum absolute atomic E-state index is 12.0. The Bertz CT molecular complexity index is 628. The van der Waals surface area contributed by atoms with E-state index < -0.39 is 22.6 Å². The van der Waals surface area contributed by atoms with Crippen molar-refractivity contribution in [3.8, 4) is 0 Å². The molecule has 0 spiro atoms. The third-order valence-corrected chi connectivity index (χ3v) is 3.56. The molecule has 1 N–H and O–H groups in total. The van der Waals surface area contributed by atoms with Gasteiger partial charge in [-0.3, -0.25) is 4.79 Å². The minimum absolute atomic E-state index is 0.0637. The molecule has 0 saturated carbocycles. The molecule has 0 saturated heterocycles. The fourth-order valence-corrected chi connectivity index (χ4v) is 2.45. The summed E-state index contributed by atoms with van der Waals surface area (Å²) in [6.07, 6.45) is 5.62. The molecule has 17 heavy (non-hydrogen) atoms. The lowest BCUT2D eigenvalue weighted by Crippen LogP contribution is -2.22. The van der Waals surface area contributed by atoms with Gasteiger partial charge in [0.25, 0.3) is 0 Å². The second-order valence-electron chi connectivity index (χ2n) is 3.11. The summed E-state index contributed by atoms with van der Waals surface area (Å²) in [4.78, 5) is 17.9. The average Bonchev–Trinajstić information content (AvgIpc) is 2.85. The number of carboxylic acids is 1. The van der Waals surface area contributed by atoms with Gasteiger partial charge in [0, 0.05) is 24.8 Å².